The van der Waals surface area contributed by atoms with Crippen LogP contribution in [0, 0.1) is 0 Å². The quantitative estimate of drug-likeness (QED) is 0.669. The molecule has 1 aromatic carbocycles. The fourth-order valence-electron chi connectivity index (χ4n) is 1.09. The lowest BCUT2D eigenvalue weighted by molar-refractivity contribution is 0.330. The minimum atomic E-state index is 0.786. The van der Waals surface area contributed by atoms with Crippen molar-refractivity contribution in [2.75, 3.05) is 0 Å². The van der Waals surface area contributed by atoms with E-state index in [2.05, 4.69) is 6.92 Å². The Labute approximate surface area is 66.9 Å². The molecule has 2 nitrogen and oxygen atoms in total. The molecule has 0 saturated heterocycles. The lowest BCUT2D eigenvalue weighted by Gasteiger charge is -2.04. The fourth-order valence-corrected chi connectivity index (χ4v) is 1.09. The number of hydrogen-bond donors (Lipinski definition) is 1. The zero-order valence-corrected chi connectivity index (χ0v) is 6.71. The van der Waals surface area contributed by atoms with E-state index in [1.54, 1.807) is 0 Å². The summed E-state index contributed by atoms with van der Waals surface area (Å²) >= 11 is 0. The molecule has 2 heteroatoms. The highest BCUT2D eigenvalue weighted by Gasteiger charge is 1.98. The van der Waals surface area contributed by atoms with Crippen molar-refractivity contribution >= 4 is 0 Å². The number of hydrogen-bond acceptors (Lipinski definition) is 2. The summed E-state index contributed by atoms with van der Waals surface area (Å²) in [7, 11) is 0. The van der Waals surface area contributed by atoms with Gasteiger partial charge in [-0.05, 0) is 18.1 Å². The first-order valence-electron chi connectivity index (χ1n) is 3.83. The monoisotopic (exact) mass is 151 g/mol. The van der Waals surface area contributed by atoms with Crippen molar-refractivity contribution in [1.29, 1.82) is 0 Å². The molecule has 60 valence electrons. The highest BCUT2D eigenvalue weighted by atomic mass is 16.6. The molecule has 2 N–H and O–H groups in total. The summed E-state index contributed by atoms with van der Waals surface area (Å²) < 4.78 is 0. The normalized spacial score (nSPS) is 9.64. The molecule has 0 saturated carbocycles. The summed E-state index contributed by atoms with van der Waals surface area (Å²) in [5, 5.41) is 0. The van der Waals surface area contributed by atoms with E-state index in [1.807, 2.05) is 24.3 Å². The molecule has 0 aliphatic heterocycles. The third-order valence-corrected chi connectivity index (χ3v) is 1.62. The Morgan fingerprint density at radius 2 is 2.09 bits per heavy atom. The Hall–Kier alpha value is -1.02. The van der Waals surface area contributed by atoms with Gasteiger partial charge in [0.1, 0.15) is 5.75 Å². The fraction of sp³-hybridized carbons (Fsp3) is 0.333. The van der Waals surface area contributed by atoms with Crippen LogP contribution < -0.4 is 10.7 Å². The molecule has 0 aliphatic rings. The minimum Gasteiger partial charge on any atom is -0.411 e. The van der Waals surface area contributed by atoms with Crippen LogP contribution in [0.1, 0.15) is 18.9 Å². The van der Waals surface area contributed by atoms with E-state index < -0.39 is 0 Å². The molecule has 11 heavy (non-hydrogen) atoms. The molecule has 0 aliphatic carbocycles. The smallest absolute Gasteiger partial charge is 0.150 e. The van der Waals surface area contributed by atoms with Crippen molar-refractivity contribution in [1.82, 2.24) is 0 Å². The van der Waals surface area contributed by atoms with Crippen LogP contribution in [0.5, 0.6) is 5.75 Å². The second kappa shape index (κ2) is 3.98. The van der Waals surface area contributed by atoms with Crippen LogP contribution in [-0.4, -0.2) is 0 Å². The van der Waals surface area contributed by atoms with Gasteiger partial charge in [-0.3, -0.25) is 0 Å². The number of aryl methyl sites for hydroxylation is 1. The standard InChI is InChI=1S/C9H13NO/c1-2-5-8-6-3-4-7-9(8)11-10/h3-4,6-7H,2,5,10H2,1H3. The topological polar surface area (TPSA) is 35.2 Å². The Kier molecular flexibility index (Phi) is 2.93. The molecule has 0 spiro atoms. The Balaban J connectivity index is 2.83. The molecule has 0 unspecified atom stereocenters. The maximum Gasteiger partial charge on any atom is 0.150 e. The molecule has 0 fully saturated rings. The molecule has 0 aromatic heterocycles. The second-order valence-corrected chi connectivity index (χ2v) is 2.48. The molecule has 1 rings (SSSR count). The number of para-hydroxylation sites is 1. The zero-order valence-electron chi connectivity index (χ0n) is 6.71. The maximum atomic E-state index is 5.08. The maximum absolute atomic E-state index is 5.08. The van der Waals surface area contributed by atoms with Crippen LogP contribution in [-0.2, 0) is 6.42 Å². The average Bonchev–Trinajstić information content (AvgIpc) is 2.06. The van der Waals surface area contributed by atoms with Gasteiger partial charge < -0.3 is 4.84 Å². The van der Waals surface area contributed by atoms with Crippen LogP contribution in [0.25, 0.3) is 0 Å². The van der Waals surface area contributed by atoms with Crippen LogP contribution in [0.2, 0.25) is 0 Å². The first kappa shape index (κ1) is 8.08. The summed E-state index contributed by atoms with van der Waals surface area (Å²) in [6.07, 6.45) is 2.13. The van der Waals surface area contributed by atoms with E-state index in [0.29, 0.717) is 0 Å². The third kappa shape index (κ3) is 1.95. The average molecular weight is 151 g/mol. The highest BCUT2D eigenvalue weighted by molar-refractivity contribution is 5.32. The summed E-state index contributed by atoms with van der Waals surface area (Å²) in [6, 6.07) is 7.82. The SMILES string of the molecule is CCCc1ccccc1ON. The van der Waals surface area contributed by atoms with E-state index in [0.717, 1.165) is 18.6 Å². The van der Waals surface area contributed by atoms with Crippen LogP contribution in [0.3, 0.4) is 0 Å². The molecule has 0 bridgehead atoms. The van der Waals surface area contributed by atoms with E-state index in [1.165, 1.54) is 5.56 Å². The van der Waals surface area contributed by atoms with Crippen molar-refractivity contribution in [3.05, 3.63) is 29.8 Å². The van der Waals surface area contributed by atoms with Gasteiger partial charge in [0.25, 0.3) is 0 Å². The van der Waals surface area contributed by atoms with Crippen molar-refractivity contribution < 1.29 is 4.84 Å². The van der Waals surface area contributed by atoms with Crippen molar-refractivity contribution in [2.45, 2.75) is 19.8 Å². The van der Waals surface area contributed by atoms with Crippen LogP contribution in [0.4, 0.5) is 0 Å². The van der Waals surface area contributed by atoms with E-state index in [9.17, 15) is 0 Å². The largest absolute Gasteiger partial charge is 0.411 e. The predicted molar refractivity (Wildman–Crippen MR) is 45.3 cm³/mol. The summed E-state index contributed by atoms with van der Waals surface area (Å²) in [6.45, 7) is 2.13. The Bertz CT molecular complexity index is 223. The van der Waals surface area contributed by atoms with Crippen LogP contribution in [0.15, 0.2) is 24.3 Å². The zero-order chi connectivity index (χ0) is 8.10. The molecule has 0 heterocycles. The first-order valence-corrected chi connectivity index (χ1v) is 3.83. The number of rotatable bonds is 3. The van der Waals surface area contributed by atoms with Gasteiger partial charge in [-0.1, -0.05) is 31.5 Å². The molecule has 0 atom stereocenters. The Morgan fingerprint density at radius 1 is 1.36 bits per heavy atom. The van der Waals surface area contributed by atoms with Crippen molar-refractivity contribution in [3.63, 3.8) is 0 Å². The lowest BCUT2D eigenvalue weighted by Crippen LogP contribution is -2.04. The van der Waals surface area contributed by atoms with Gasteiger partial charge in [0.15, 0.2) is 0 Å². The number of nitrogens with two attached hydrogens (primary N) is 1. The molecular weight excluding hydrogens is 138 g/mol. The summed E-state index contributed by atoms with van der Waals surface area (Å²) in [5.74, 6) is 5.87. The lowest BCUT2D eigenvalue weighted by atomic mass is 10.1. The van der Waals surface area contributed by atoms with Gasteiger partial charge in [-0.15, -0.1) is 0 Å². The van der Waals surface area contributed by atoms with Gasteiger partial charge in [0.05, 0.1) is 0 Å². The Morgan fingerprint density at radius 3 is 2.73 bits per heavy atom. The van der Waals surface area contributed by atoms with Crippen LogP contribution >= 0.6 is 0 Å². The van der Waals surface area contributed by atoms with Gasteiger partial charge in [0, 0.05) is 0 Å². The summed E-state index contributed by atoms with van der Waals surface area (Å²) in [4.78, 5) is 4.70. The predicted octanol–water partition coefficient (Wildman–Crippen LogP) is 1.89. The molecular formula is C9H13NO. The minimum absolute atomic E-state index is 0.786. The molecule has 0 amide bonds. The van der Waals surface area contributed by atoms with E-state index in [4.69, 9.17) is 10.7 Å². The summed E-state index contributed by atoms with van der Waals surface area (Å²) in [5.41, 5.74) is 1.18. The van der Waals surface area contributed by atoms with Crippen molar-refractivity contribution in [2.24, 2.45) is 5.90 Å². The highest BCUT2D eigenvalue weighted by Crippen LogP contribution is 2.17. The van der Waals surface area contributed by atoms with Crippen molar-refractivity contribution in [3.8, 4) is 5.75 Å². The second-order valence-electron chi connectivity index (χ2n) is 2.48. The van der Waals surface area contributed by atoms with Gasteiger partial charge in [-0.2, -0.15) is 5.90 Å². The molecule has 1 aromatic rings. The van der Waals surface area contributed by atoms with Gasteiger partial charge in [0.2, 0.25) is 0 Å². The van der Waals surface area contributed by atoms with E-state index >= 15 is 0 Å². The van der Waals surface area contributed by atoms with E-state index in [-0.39, 0.29) is 0 Å². The van der Waals surface area contributed by atoms with Gasteiger partial charge in [-0.25, -0.2) is 0 Å². The first-order chi connectivity index (χ1) is 5.38. The molecule has 0 radical (unpaired) electrons. The number of benzene rings is 1. The third-order valence-electron chi connectivity index (χ3n) is 1.62. The van der Waals surface area contributed by atoms with Gasteiger partial charge >= 0.3 is 0 Å².